The maximum atomic E-state index is 12.5. The van der Waals surface area contributed by atoms with E-state index < -0.39 is 6.36 Å². The zero-order chi connectivity index (χ0) is 29.1. The summed E-state index contributed by atoms with van der Waals surface area (Å²) in [5.74, 6) is 0.343. The third kappa shape index (κ3) is 7.20. The number of carbonyl (C=O) groups excluding carboxylic acids is 1. The second-order valence-electron chi connectivity index (χ2n) is 9.69. The SMILES string of the molecule is CCc1ccc(C)cc1NC(=S)NC(=O)NC1CC1c1ccc(-c2ncn(-c3ccc(OC(F)(F)F)cc3)n2)cc1. The van der Waals surface area contributed by atoms with E-state index >= 15 is 0 Å². The van der Waals surface area contributed by atoms with Gasteiger partial charge in [-0.05, 0) is 79.0 Å². The van der Waals surface area contributed by atoms with Crippen LogP contribution >= 0.6 is 12.2 Å². The number of rotatable bonds is 7. The molecule has 41 heavy (non-hydrogen) atoms. The van der Waals surface area contributed by atoms with Crippen LogP contribution in [0.2, 0.25) is 0 Å². The van der Waals surface area contributed by atoms with Crippen molar-refractivity contribution in [2.24, 2.45) is 0 Å². The fourth-order valence-electron chi connectivity index (χ4n) is 4.50. The van der Waals surface area contributed by atoms with Gasteiger partial charge in [0.15, 0.2) is 10.9 Å². The molecule has 2 atom stereocenters. The molecule has 4 aromatic rings. The minimum atomic E-state index is -4.75. The van der Waals surface area contributed by atoms with E-state index in [1.165, 1.54) is 35.3 Å². The summed E-state index contributed by atoms with van der Waals surface area (Å²) in [6, 6.07) is 18.8. The van der Waals surface area contributed by atoms with E-state index in [2.05, 4.69) is 37.7 Å². The lowest BCUT2D eigenvalue weighted by Gasteiger charge is -2.14. The summed E-state index contributed by atoms with van der Waals surface area (Å²) in [7, 11) is 0. The maximum Gasteiger partial charge on any atom is 0.573 e. The van der Waals surface area contributed by atoms with E-state index in [0.29, 0.717) is 11.5 Å². The van der Waals surface area contributed by atoms with E-state index in [4.69, 9.17) is 12.2 Å². The van der Waals surface area contributed by atoms with Gasteiger partial charge in [-0.2, -0.15) is 0 Å². The zero-order valence-electron chi connectivity index (χ0n) is 22.2. The summed E-state index contributed by atoms with van der Waals surface area (Å²) in [6.07, 6.45) is -1.60. The highest BCUT2D eigenvalue weighted by Crippen LogP contribution is 2.41. The molecule has 5 rings (SSSR count). The average Bonchev–Trinajstić information content (AvgIpc) is 3.49. The number of ether oxygens (including phenoxy) is 1. The number of anilines is 1. The molecule has 12 heteroatoms. The van der Waals surface area contributed by atoms with Gasteiger partial charge in [0.2, 0.25) is 0 Å². The van der Waals surface area contributed by atoms with E-state index in [0.717, 1.165) is 40.8 Å². The number of thiocarbonyl (C=S) groups is 1. The van der Waals surface area contributed by atoms with Crippen molar-refractivity contribution in [3.8, 4) is 22.8 Å². The highest BCUT2D eigenvalue weighted by Gasteiger charge is 2.39. The van der Waals surface area contributed by atoms with E-state index in [1.54, 1.807) is 0 Å². The zero-order valence-corrected chi connectivity index (χ0v) is 23.0. The fourth-order valence-corrected chi connectivity index (χ4v) is 4.70. The monoisotopic (exact) mass is 580 g/mol. The molecule has 1 heterocycles. The average molecular weight is 581 g/mol. The second-order valence-corrected chi connectivity index (χ2v) is 10.1. The summed E-state index contributed by atoms with van der Waals surface area (Å²) in [5, 5.41) is 13.4. The van der Waals surface area contributed by atoms with Crippen molar-refractivity contribution >= 4 is 29.0 Å². The molecule has 0 aliphatic heterocycles. The molecule has 8 nitrogen and oxygen atoms in total. The fraction of sp³-hybridized carbons (Fsp3) is 0.241. The predicted molar refractivity (Wildman–Crippen MR) is 153 cm³/mol. The summed E-state index contributed by atoms with van der Waals surface area (Å²) in [4.78, 5) is 16.8. The highest BCUT2D eigenvalue weighted by atomic mass is 32.1. The molecular formula is C29H27F3N6O2S. The number of alkyl halides is 3. The Morgan fingerprint density at radius 1 is 1.10 bits per heavy atom. The lowest BCUT2D eigenvalue weighted by Crippen LogP contribution is -2.42. The molecule has 0 saturated heterocycles. The van der Waals surface area contributed by atoms with Gasteiger partial charge >= 0.3 is 12.4 Å². The maximum absolute atomic E-state index is 12.5. The number of urea groups is 1. The topological polar surface area (TPSA) is 93.1 Å². The van der Waals surface area contributed by atoms with Gasteiger partial charge in [0.1, 0.15) is 12.1 Å². The normalized spacial score (nSPS) is 16.1. The third-order valence-electron chi connectivity index (χ3n) is 6.65. The lowest BCUT2D eigenvalue weighted by atomic mass is 10.1. The Bertz CT molecular complexity index is 1550. The van der Waals surface area contributed by atoms with Crippen LogP contribution in [-0.4, -0.2) is 38.3 Å². The smallest absolute Gasteiger partial charge is 0.406 e. The van der Waals surface area contributed by atoms with Crippen molar-refractivity contribution in [3.05, 3.63) is 89.7 Å². The molecule has 1 fully saturated rings. The molecule has 0 radical (unpaired) electrons. The second kappa shape index (κ2) is 11.6. The first kappa shape index (κ1) is 28.1. The number of hydrogen-bond acceptors (Lipinski definition) is 5. The summed E-state index contributed by atoms with van der Waals surface area (Å²) in [5.41, 5.74) is 5.50. The largest absolute Gasteiger partial charge is 0.573 e. The van der Waals surface area contributed by atoms with Gasteiger partial charge in [-0.25, -0.2) is 14.5 Å². The van der Waals surface area contributed by atoms with Crippen molar-refractivity contribution in [2.75, 3.05) is 5.32 Å². The Labute approximate surface area is 239 Å². The molecule has 0 bridgehead atoms. The first-order chi connectivity index (χ1) is 19.6. The minimum absolute atomic E-state index is 0.00421. The quantitative estimate of drug-likeness (QED) is 0.224. The number of nitrogens with one attached hydrogen (secondary N) is 3. The van der Waals surface area contributed by atoms with Crippen molar-refractivity contribution in [1.29, 1.82) is 0 Å². The molecule has 3 N–H and O–H groups in total. The number of aromatic nitrogens is 3. The number of nitrogens with zero attached hydrogens (tertiary/aromatic N) is 3. The van der Waals surface area contributed by atoms with Gasteiger partial charge in [0.05, 0.1) is 5.69 Å². The van der Waals surface area contributed by atoms with Crippen LogP contribution < -0.4 is 20.7 Å². The molecule has 0 spiro atoms. The molecule has 2 amide bonds. The van der Waals surface area contributed by atoms with Crippen molar-refractivity contribution in [2.45, 2.75) is 45.0 Å². The molecule has 212 valence electrons. The van der Waals surface area contributed by atoms with Crippen LogP contribution in [0.5, 0.6) is 5.75 Å². The Morgan fingerprint density at radius 2 is 1.83 bits per heavy atom. The van der Waals surface area contributed by atoms with Crippen LogP contribution in [0.15, 0.2) is 73.1 Å². The van der Waals surface area contributed by atoms with E-state index in [9.17, 15) is 18.0 Å². The molecule has 1 aliphatic carbocycles. The van der Waals surface area contributed by atoms with Crippen LogP contribution in [0.4, 0.5) is 23.7 Å². The van der Waals surface area contributed by atoms with Gasteiger partial charge in [0, 0.05) is 23.2 Å². The number of halogens is 3. The van der Waals surface area contributed by atoms with Crippen LogP contribution in [0, 0.1) is 6.92 Å². The van der Waals surface area contributed by atoms with Gasteiger partial charge in [-0.1, -0.05) is 43.3 Å². The van der Waals surface area contributed by atoms with Gasteiger partial charge in [-0.3, -0.25) is 5.32 Å². The third-order valence-corrected chi connectivity index (χ3v) is 6.86. The van der Waals surface area contributed by atoms with Gasteiger partial charge in [-0.15, -0.1) is 18.3 Å². The molecule has 1 saturated carbocycles. The molecule has 1 aliphatic rings. The standard InChI is InChI=1S/C29H27F3N6O2S/c1-3-18-5-4-17(2)14-24(18)35-28(41)36-27(39)34-25-15-23(25)19-6-8-20(9-7-19)26-33-16-38(37-26)21-10-12-22(13-11-21)40-29(30,31)32/h4-14,16,23,25H,3,15H2,1-2H3,(H3,34,35,36,39,41). The van der Waals surface area contributed by atoms with Crippen LogP contribution in [0.3, 0.4) is 0 Å². The Morgan fingerprint density at radius 3 is 2.51 bits per heavy atom. The highest BCUT2D eigenvalue weighted by molar-refractivity contribution is 7.80. The molecule has 1 aromatic heterocycles. The summed E-state index contributed by atoms with van der Waals surface area (Å²) >= 11 is 5.33. The number of aryl methyl sites for hydroxylation is 2. The molecule has 2 unspecified atom stereocenters. The summed E-state index contributed by atoms with van der Waals surface area (Å²) in [6.45, 7) is 4.06. The number of hydrogen-bond donors (Lipinski definition) is 3. The molecule has 3 aromatic carbocycles. The van der Waals surface area contributed by atoms with Crippen molar-refractivity contribution < 1.29 is 22.7 Å². The van der Waals surface area contributed by atoms with Crippen molar-refractivity contribution in [3.63, 3.8) is 0 Å². The number of carbonyl (C=O) groups is 1. The van der Waals surface area contributed by atoms with Crippen molar-refractivity contribution in [1.82, 2.24) is 25.4 Å². The minimum Gasteiger partial charge on any atom is -0.406 e. The Balaban J connectivity index is 1.13. The van der Waals surface area contributed by atoms with Crippen LogP contribution in [0.1, 0.15) is 36.0 Å². The first-order valence-electron chi connectivity index (χ1n) is 12.9. The first-order valence-corrected chi connectivity index (χ1v) is 13.3. The Hall–Kier alpha value is -4.45. The van der Waals surface area contributed by atoms with Crippen LogP contribution in [0.25, 0.3) is 17.1 Å². The number of amides is 2. The predicted octanol–water partition coefficient (Wildman–Crippen LogP) is 6.26. The lowest BCUT2D eigenvalue weighted by molar-refractivity contribution is -0.274. The summed E-state index contributed by atoms with van der Waals surface area (Å²) < 4.78 is 42.5. The van der Waals surface area contributed by atoms with Gasteiger partial charge < -0.3 is 15.4 Å². The molecular weight excluding hydrogens is 553 g/mol. The Kier molecular flexibility index (Phi) is 7.93. The van der Waals surface area contributed by atoms with E-state index in [-0.39, 0.29) is 28.9 Å². The van der Waals surface area contributed by atoms with Crippen LogP contribution in [-0.2, 0) is 6.42 Å². The van der Waals surface area contributed by atoms with Gasteiger partial charge in [0.25, 0.3) is 0 Å². The number of benzene rings is 3. The van der Waals surface area contributed by atoms with E-state index in [1.807, 2.05) is 49.4 Å².